The van der Waals surface area contributed by atoms with E-state index in [0.29, 0.717) is 0 Å². The van der Waals surface area contributed by atoms with Gasteiger partial charge in [0, 0.05) is 19.7 Å². The molecule has 0 atom stereocenters. The first kappa shape index (κ1) is 15.9. The number of aromatic nitrogens is 2. The number of hydrogen-bond donors (Lipinski definition) is 0. The van der Waals surface area contributed by atoms with Crippen molar-refractivity contribution in [3.05, 3.63) is 34.8 Å². The molecule has 6 heteroatoms. The molecule has 1 aromatic rings. The lowest BCUT2D eigenvalue weighted by molar-refractivity contribution is -0.138. The molecular formula is C14H21N3O3. The summed E-state index contributed by atoms with van der Waals surface area (Å²) in [5.41, 5.74) is 0.696. The van der Waals surface area contributed by atoms with Crippen LogP contribution in [0.1, 0.15) is 20.3 Å². The summed E-state index contributed by atoms with van der Waals surface area (Å²) < 4.78 is 6.02. The lowest BCUT2D eigenvalue weighted by atomic mass is 10.3. The Morgan fingerprint density at radius 3 is 2.75 bits per heavy atom. The summed E-state index contributed by atoms with van der Waals surface area (Å²) in [4.78, 5) is 25.3. The van der Waals surface area contributed by atoms with Crippen molar-refractivity contribution < 1.29 is 9.53 Å². The second kappa shape index (κ2) is 7.47. The minimum absolute atomic E-state index is 0.0371. The maximum absolute atomic E-state index is 11.9. The van der Waals surface area contributed by atoms with Gasteiger partial charge >= 0.3 is 5.97 Å². The highest BCUT2D eigenvalue weighted by Gasteiger charge is 2.11. The van der Waals surface area contributed by atoms with Crippen molar-refractivity contribution >= 4 is 11.7 Å². The number of ether oxygens (including phenoxy) is 1. The molecule has 0 saturated heterocycles. The summed E-state index contributed by atoms with van der Waals surface area (Å²) >= 11 is 0. The standard InChI is InChI=1S/C14H21N3O3/c1-5-7-16(4)12-8-13(18)17(15-9-12)10-11(3)14(19)20-6-2/h8-9H,3,5-7,10H2,1-2,4H3. The van der Waals surface area contributed by atoms with Crippen LogP contribution in [0.2, 0.25) is 0 Å². The Hall–Kier alpha value is -2.11. The Morgan fingerprint density at radius 2 is 2.20 bits per heavy atom. The average molecular weight is 279 g/mol. The summed E-state index contributed by atoms with van der Waals surface area (Å²) in [7, 11) is 1.90. The zero-order chi connectivity index (χ0) is 15.1. The number of carbonyl (C=O) groups excluding carboxylic acids is 1. The molecule has 0 saturated carbocycles. The van der Waals surface area contributed by atoms with E-state index in [0.717, 1.165) is 18.7 Å². The van der Waals surface area contributed by atoms with Crippen LogP contribution in [0.5, 0.6) is 0 Å². The average Bonchev–Trinajstić information content (AvgIpc) is 2.41. The molecule has 110 valence electrons. The topological polar surface area (TPSA) is 64.4 Å². The van der Waals surface area contributed by atoms with E-state index in [1.807, 2.05) is 11.9 Å². The highest BCUT2D eigenvalue weighted by molar-refractivity contribution is 5.87. The van der Waals surface area contributed by atoms with Crippen LogP contribution in [-0.2, 0) is 16.1 Å². The molecule has 0 bridgehead atoms. The van der Waals surface area contributed by atoms with Crippen LogP contribution in [0.25, 0.3) is 0 Å². The van der Waals surface area contributed by atoms with Crippen molar-refractivity contribution in [2.45, 2.75) is 26.8 Å². The molecule has 20 heavy (non-hydrogen) atoms. The van der Waals surface area contributed by atoms with Crippen molar-refractivity contribution in [1.82, 2.24) is 9.78 Å². The molecule has 0 aliphatic rings. The molecule has 0 aliphatic heterocycles. The van der Waals surface area contributed by atoms with E-state index in [2.05, 4.69) is 18.6 Å². The van der Waals surface area contributed by atoms with Gasteiger partial charge < -0.3 is 9.64 Å². The van der Waals surface area contributed by atoms with Crippen LogP contribution in [0.15, 0.2) is 29.2 Å². The molecule has 0 aromatic carbocycles. The molecular weight excluding hydrogens is 258 g/mol. The normalized spacial score (nSPS) is 10.2. The van der Waals surface area contributed by atoms with Gasteiger partial charge in [0.25, 0.3) is 5.56 Å². The fourth-order valence-electron chi connectivity index (χ4n) is 1.69. The molecule has 0 amide bonds. The lowest BCUT2D eigenvalue weighted by Crippen LogP contribution is -2.27. The van der Waals surface area contributed by atoms with E-state index < -0.39 is 5.97 Å². The van der Waals surface area contributed by atoms with Gasteiger partial charge in [-0.3, -0.25) is 4.79 Å². The van der Waals surface area contributed by atoms with Gasteiger partial charge in [-0.15, -0.1) is 0 Å². The summed E-state index contributed by atoms with van der Waals surface area (Å²) in [6, 6.07) is 1.50. The van der Waals surface area contributed by atoms with Gasteiger partial charge in [-0.1, -0.05) is 13.5 Å². The van der Waals surface area contributed by atoms with E-state index >= 15 is 0 Å². The van der Waals surface area contributed by atoms with Crippen molar-refractivity contribution in [3.63, 3.8) is 0 Å². The summed E-state index contributed by atoms with van der Waals surface area (Å²) in [6.07, 6.45) is 2.59. The number of carbonyl (C=O) groups is 1. The van der Waals surface area contributed by atoms with E-state index in [4.69, 9.17) is 4.74 Å². The third kappa shape index (κ3) is 4.22. The highest BCUT2D eigenvalue weighted by atomic mass is 16.5. The van der Waals surface area contributed by atoms with Gasteiger partial charge in [0.2, 0.25) is 0 Å². The quantitative estimate of drug-likeness (QED) is 0.554. The first-order valence-corrected chi connectivity index (χ1v) is 6.62. The highest BCUT2D eigenvalue weighted by Crippen LogP contribution is 2.07. The number of anilines is 1. The van der Waals surface area contributed by atoms with Gasteiger partial charge in [-0.2, -0.15) is 5.10 Å². The SMILES string of the molecule is C=C(Cn1ncc(N(C)CCC)cc1=O)C(=O)OCC. The Labute approximate surface area is 118 Å². The summed E-state index contributed by atoms with van der Waals surface area (Å²) in [6.45, 7) is 8.56. The Morgan fingerprint density at radius 1 is 1.50 bits per heavy atom. The van der Waals surface area contributed by atoms with Crippen molar-refractivity contribution in [1.29, 1.82) is 0 Å². The van der Waals surface area contributed by atoms with Gasteiger partial charge in [-0.25, -0.2) is 9.48 Å². The zero-order valence-corrected chi connectivity index (χ0v) is 12.3. The fourth-order valence-corrected chi connectivity index (χ4v) is 1.69. The lowest BCUT2D eigenvalue weighted by Gasteiger charge is -2.17. The molecule has 0 aliphatic carbocycles. The van der Waals surface area contributed by atoms with Crippen LogP contribution >= 0.6 is 0 Å². The van der Waals surface area contributed by atoms with Crippen LogP contribution < -0.4 is 10.5 Å². The Balaban J connectivity index is 2.81. The molecule has 0 fully saturated rings. The molecule has 0 unspecified atom stereocenters. The monoisotopic (exact) mass is 279 g/mol. The molecule has 1 aromatic heterocycles. The third-order valence-corrected chi connectivity index (χ3v) is 2.76. The van der Waals surface area contributed by atoms with Crippen molar-refractivity contribution in [2.24, 2.45) is 0 Å². The van der Waals surface area contributed by atoms with Crippen molar-refractivity contribution in [3.8, 4) is 0 Å². The Bertz CT molecular complexity index is 537. The number of nitrogens with zero attached hydrogens (tertiary/aromatic N) is 3. The maximum atomic E-state index is 11.9. The minimum atomic E-state index is -0.506. The fraction of sp³-hybridized carbons (Fsp3) is 0.500. The first-order valence-electron chi connectivity index (χ1n) is 6.62. The Kier molecular flexibility index (Phi) is 5.96. The van der Waals surface area contributed by atoms with Crippen molar-refractivity contribution in [2.75, 3.05) is 25.1 Å². The van der Waals surface area contributed by atoms with Crippen LogP contribution in [0.4, 0.5) is 5.69 Å². The summed E-state index contributed by atoms with van der Waals surface area (Å²) in [5, 5.41) is 4.06. The van der Waals surface area contributed by atoms with Gasteiger partial charge in [0.15, 0.2) is 0 Å². The summed E-state index contributed by atoms with van der Waals surface area (Å²) in [5.74, 6) is -0.506. The first-order chi connectivity index (χ1) is 9.49. The number of esters is 1. The van der Waals surface area contributed by atoms with E-state index in [1.54, 1.807) is 13.1 Å². The molecule has 0 radical (unpaired) electrons. The second-order valence-electron chi connectivity index (χ2n) is 4.46. The van der Waals surface area contributed by atoms with Crippen LogP contribution in [0, 0.1) is 0 Å². The van der Waals surface area contributed by atoms with E-state index in [9.17, 15) is 9.59 Å². The number of hydrogen-bond acceptors (Lipinski definition) is 5. The van der Waals surface area contributed by atoms with E-state index in [1.165, 1.54) is 10.7 Å². The molecule has 0 N–H and O–H groups in total. The molecule has 0 spiro atoms. The van der Waals surface area contributed by atoms with Crippen LogP contribution in [-0.4, -0.2) is 35.9 Å². The minimum Gasteiger partial charge on any atom is -0.463 e. The zero-order valence-electron chi connectivity index (χ0n) is 12.3. The number of rotatable bonds is 7. The second-order valence-corrected chi connectivity index (χ2v) is 4.46. The molecule has 1 heterocycles. The van der Waals surface area contributed by atoms with Crippen LogP contribution in [0.3, 0.4) is 0 Å². The van der Waals surface area contributed by atoms with Gasteiger partial charge in [0.1, 0.15) is 0 Å². The maximum Gasteiger partial charge on any atom is 0.335 e. The largest absolute Gasteiger partial charge is 0.463 e. The predicted molar refractivity (Wildman–Crippen MR) is 77.8 cm³/mol. The van der Waals surface area contributed by atoms with Gasteiger partial charge in [-0.05, 0) is 13.3 Å². The van der Waals surface area contributed by atoms with Gasteiger partial charge in [0.05, 0.1) is 30.6 Å². The predicted octanol–water partition coefficient (Wildman–Crippen LogP) is 1.21. The smallest absolute Gasteiger partial charge is 0.335 e. The molecule has 6 nitrogen and oxygen atoms in total. The third-order valence-electron chi connectivity index (χ3n) is 2.76. The van der Waals surface area contributed by atoms with E-state index in [-0.39, 0.29) is 24.3 Å². The molecule has 1 rings (SSSR count).